The Hall–Kier alpha value is -3.98. The van der Waals surface area contributed by atoms with Crippen LogP contribution in [-0.4, -0.2) is 11.6 Å². The van der Waals surface area contributed by atoms with E-state index in [1.54, 1.807) is 0 Å². The largest absolute Gasteiger partial charge is 0.272 e. The molecule has 0 unspecified atom stereocenters. The van der Waals surface area contributed by atoms with E-state index < -0.39 is 5.92 Å². The molecular formula is C27H22N2O. The molecule has 4 rings (SSSR count). The Balaban J connectivity index is 1.69. The lowest BCUT2D eigenvalue weighted by Gasteiger charge is -2.17. The second-order valence-electron chi connectivity index (χ2n) is 6.92. The predicted octanol–water partition coefficient (Wildman–Crippen LogP) is 5.39. The minimum absolute atomic E-state index is 0.170. The van der Waals surface area contributed by atoms with Crippen molar-refractivity contribution in [2.24, 2.45) is 5.10 Å². The summed E-state index contributed by atoms with van der Waals surface area (Å²) in [5.41, 5.74) is 7.30. The van der Waals surface area contributed by atoms with Crippen molar-refractivity contribution in [3.63, 3.8) is 0 Å². The molecule has 0 aliphatic carbocycles. The minimum Gasteiger partial charge on any atom is -0.272 e. The van der Waals surface area contributed by atoms with Gasteiger partial charge in [0.2, 0.25) is 0 Å². The maximum atomic E-state index is 13.3. The number of hydrogen-bond acceptors (Lipinski definition) is 2. The molecule has 4 aromatic carbocycles. The fourth-order valence-corrected chi connectivity index (χ4v) is 3.45. The zero-order valence-corrected chi connectivity index (χ0v) is 16.5. The first kappa shape index (κ1) is 19.3. The highest BCUT2D eigenvalue weighted by Gasteiger charge is 2.22. The fourth-order valence-electron chi connectivity index (χ4n) is 3.45. The molecular weight excluding hydrogens is 368 g/mol. The van der Waals surface area contributed by atoms with E-state index in [9.17, 15) is 4.79 Å². The van der Waals surface area contributed by atoms with E-state index in [2.05, 4.69) is 10.5 Å². The van der Waals surface area contributed by atoms with Gasteiger partial charge >= 0.3 is 0 Å². The molecule has 0 saturated carbocycles. The Morgan fingerprint density at radius 1 is 0.567 bits per heavy atom. The fraction of sp³-hybridized carbons (Fsp3) is 0.0370. The van der Waals surface area contributed by atoms with Gasteiger partial charge in [0, 0.05) is 11.1 Å². The van der Waals surface area contributed by atoms with Crippen LogP contribution >= 0.6 is 0 Å². The molecule has 3 heteroatoms. The van der Waals surface area contributed by atoms with Crippen molar-refractivity contribution >= 4 is 11.6 Å². The number of carbonyl (C=O) groups is 1. The van der Waals surface area contributed by atoms with Crippen LogP contribution in [0.15, 0.2) is 126 Å². The molecule has 0 atom stereocenters. The van der Waals surface area contributed by atoms with E-state index in [4.69, 9.17) is 0 Å². The lowest BCUT2D eigenvalue weighted by molar-refractivity contribution is -0.121. The van der Waals surface area contributed by atoms with Crippen molar-refractivity contribution in [1.29, 1.82) is 0 Å². The monoisotopic (exact) mass is 390 g/mol. The highest BCUT2D eigenvalue weighted by Crippen LogP contribution is 2.24. The summed E-state index contributed by atoms with van der Waals surface area (Å²) in [5.74, 6) is -0.610. The van der Waals surface area contributed by atoms with Gasteiger partial charge in [0.1, 0.15) is 0 Å². The summed E-state index contributed by atoms with van der Waals surface area (Å²) >= 11 is 0. The van der Waals surface area contributed by atoms with Crippen LogP contribution in [0.3, 0.4) is 0 Å². The molecule has 0 saturated heterocycles. The summed E-state index contributed by atoms with van der Waals surface area (Å²) in [6.07, 6.45) is 0. The molecule has 0 radical (unpaired) electrons. The molecule has 4 aromatic rings. The van der Waals surface area contributed by atoms with Crippen molar-refractivity contribution in [3.05, 3.63) is 144 Å². The minimum atomic E-state index is -0.441. The van der Waals surface area contributed by atoms with E-state index >= 15 is 0 Å². The van der Waals surface area contributed by atoms with Gasteiger partial charge in [-0.3, -0.25) is 4.79 Å². The van der Waals surface area contributed by atoms with Gasteiger partial charge in [-0.15, -0.1) is 0 Å². The SMILES string of the molecule is O=C(NN=C(c1ccccc1)c1ccccc1)C(c1ccccc1)c1ccccc1. The van der Waals surface area contributed by atoms with Crippen LogP contribution in [0.25, 0.3) is 0 Å². The van der Waals surface area contributed by atoms with E-state index in [0.29, 0.717) is 0 Å². The van der Waals surface area contributed by atoms with Gasteiger partial charge in [-0.25, -0.2) is 5.43 Å². The van der Waals surface area contributed by atoms with E-state index in [-0.39, 0.29) is 5.91 Å². The van der Waals surface area contributed by atoms with Gasteiger partial charge in [0.15, 0.2) is 0 Å². The number of nitrogens with one attached hydrogen (secondary N) is 1. The van der Waals surface area contributed by atoms with Crippen LogP contribution in [0.2, 0.25) is 0 Å². The van der Waals surface area contributed by atoms with Gasteiger partial charge in [0.05, 0.1) is 11.6 Å². The third-order valence-corrected chi connectivity index (χ3v) is 4.90. The number of amides is 1. The first-order chi connectivity index (χ1) is 14.8. The van der Waals surface area contributed by atoms with Crippen LogP contribution in [0.1, 0.15) is 28.2 Å². The van der Waals surface area contributed by atoms with Gasteiger partial charge in [0.25, 0.3) is 5.91 Å². The summed E-state index contributed by atoms with van der Waals surface area (Å²) in [6.45, 7) is 0. The van der Waals surface area contributed by atoms with Crippen molar-refractivity contribution < 1.29 is 4.79 Å². The summed E-state index contributed by atoms with van der Waals surface area (Å²) in [6, 6.07) is 39.3. The number of rotatable bonds is 6. The Bertz CT molecular complexity index is 1030. The van der Waals surface area contributed by atoms with Crippen LogP contribution in [-0.2, 0) is 4.79 Å². The lowest BCUT2D eigenvalue weighted by Crippen LogP contribution is -2.27. The van der Waals surface area contributed by atoms with E-state index in [1.807, 2.05) is 121 Å². The third-order valence-electron chi connectivity index (χ3n) is 4.90. The van der Waals surface area contributed by atoms with Crippen LogP contribution in [0, 0.1) is 0 Å². The smallest absolute Gasteiger partial charge is 0.252 e. The summed E-state index contributed by atoms with van der Waals surface area (Å²) < 4.78 is 0. The molecule has 30 heavy (non-hydrogen) atoms. The molecule has 146 valence electrons. The first-order valence-corrected chi connectivity index (χ1v) is 9.91. The standard InChI is InChI=1S/C27H22N2O/c30-27(25(21-13-5-1-6-14-21)22-15-7-2-8-16-22)29-28-26(23-17-9-3-10-18-23)24-19-11-4-12-20-24/h1-20,25H,(H,29,30). The Kier molecular flexibility index (Phi) is 6.11. The van der Waals surface area contributed by atoms with Crippen molar-refractivity contribution in [2.75, 3.05) is 0 Å². The molecule has 0 fully saturated rings. The van der Waals surface area contributed by atoms with Gasteiger partial charge in [-0.1, -0.05) is 121 Å². The van der Waals surface area contributed by atoms with Crippen molar-refractivity contribution in [3.8, 4) is 0 Å². The van der Waals surface area contributed by atoms with Crippen LogP contribution < -0.4 is 5.43 Å². The lowest BCUT2D eigenvalue weighted by atomic mass is 9.91. The van der Waals surface area contributed by atoms with Gasteiger partial charge in [-0.2, -0.15) is 5.10 Å². The van der Waals surface area contributed by atoms with Crippen LogP contribution in [0.5, 0.6) is 0 Å². The molecule has 0 aliphatic heterocycles. The quantitative estimate of drug-likeness (QED) is 0.348. The second-order valence-corrected chi connectivity index (χ2v) is 6.92. The molecule has 1 amide bonds. The summed E-state index contributed by atoms with van der Waals surface area (Å²) in [7, 11) is 0. The Morgan fingerprint density at radius 3 is 1.33 bits per heavy atom. The molecule has 3 nitrogen and oxygen atoms in total. The number of carbonyl (C=O) groups excluding carboxylic acids is 1. The van der Waals surface area contributed by atoms with E-state index in [1.165, 1.54) is 0 Å². The maximum absolute atomic E-state index is 13.3. The molecule has 0 aromatic heterocycles. The summed E-state index contributed by atoms with van der Waals surface area (Å²) in [5, 5.41) is 4.55. The van der Waals surface area contributed by atoms with Crippen molar-refractivity contribution in [2.45, 2.75) is 5.92 Å². The average Bonchev–Trinajstić information content (AvgIpc) is 2.82. The molecule has 0 aliphatic rings. The predicted molar refractivity (Wildman–Crippen MR) is 121 cm³/mol. The number of hydrogen-bond donors (Lipinski definition) is 1. The molecule has 0 bridgehead atoms. The zero-order chi connectivity index (χ0) is 20.6. The van der Waals surface area contributed by atoms with Crippen molar-refractivity contribution in [1.82, 2.24) is 5.43 Å². The zero-order valence-electron chi connectivity index (χ0n) is 16.5. The van der Waals surface area contributed by atoms with Gasteiger partial charge in [-0.05, 0) is 11.1 Å². The third kappa shape index (κ3) is 4.53. The maximum Gasteiger partial charge on any atom is 0.252 e. The highest BCUT2D eigenvalue weighted by atomic mass is 16.2. The van der Waals surface area contributed by atoms with E-state index in [0.717, 1.165) is 28.0 Å². The Morgan fingerprint density at radius 2 is 0.933 bits per heavy atom. The molecule has 1 N–H and O–H groups in total. The topological polar surface area (TPSA) is 41.5 Å². The normalized spacial score (nSPS) is 10.4. The second kappa shape index (κ2) is 9.48. The number of benzene rings is 4. The molecule has 0 heterocycles. The Labute approximate surface area is 176 Å². The summed E-state index contributed by atoms with van der Waals surface area (Å²) in [4.78, 5) is 13.3. The number of nitrogens with zero attached hydrogens (tertiary/aromatic N) is 1. The average molecular weight is 390 g/mol. The number of hydrazone groups is 1. The first-order valence-electron chi connectivity index (χ1n) is 9.91. The van der Waals surface area contributed by atoms with Gasteiger partial charge < -0.3 is 0 Å². The highest BCUT2D eigenvalue weighted by molar-refractivity contribution is 6.13. The molecule has 0 spiro atoms. The van der Waals surface area contributed by atoms with Crippen LogP contribution in [0.4, 0.5) is 0 Å².